The van der Waals surface area contributed by atoms with Gasteiger partial charge in [-0.1, -0.05) is 147 Å². The molecule has 3 aromatic heterocycles. The van der Waals surface area contributed by atoms with Gasteiger partial charge in [0, 0.05) is 49.3 Å². The van der Waals surface area contributed by atoms with Gasteiger partial charge < -0.3 is 4.57 Å². The lowest BCUT2D eigenvalue weighted by molar-refractivity contribution is 0.654. The fourth-order valence-electron chi connectivity index (χ4n) is 11.3. The van der Waals surface area contributed by atoms with Crippen molar-refractivity contribution in [2.45, 2.75) is 51.4 Å². The summed E-state index contributed by atoms with van der Waals surface area (Å²) in [7, 11) is 0. The van der Waals surface area contributed by atoms with Crippen LogP contribution in [0.2, 0.25) is 0 Å². The molecule has 0 fully saturated rings. The SMILES string of the molecule is CC1(C)C2=C(CCCC(c3nc(-n4c5ccccc5c5ccc(-c6cc7c8c(n(-c9ccccc9)c7c7ccccc67)CCC=C8)cc54)nc4ccccc34)=C2)c2ccccc21. The predicted molar refractivity (Wildman–Crippen MR) is 259 cm³/mol. The van der Waals surface area contributed by atoms with Gasteiger partial charge in [0.15, 0.2) is 0 Å². The zero-order valence-electron chi connectivity index (χ0n) is 35.0. The molecular weight excluding hydrogens is 753 g/mol. The fourth-order valence-corrected chi connectivity index (χ4v) is 11.3. The van der Waals surface area contributed by atoms with Crippen molar-refractivity contribution in [3.05, 3.63) is 197 Å². The van der Waals surface area contributed by atoms with Gasteiger partial charge in [-0.15, -0.1) is 0 Å². The van der Waals surface area contributed by atoms with Crippen LogP contribution in [0.1, 0.15) is 67.6 Å². The molecule has 296 valence electrons. The van der Waals surface area contributed by atoms with Crippen LogP contribution in [0.4, 0.5) is 0 Å². The summed E-state index contributed by atoms with van der Waals surface area (Å²) in [6.07, 6.45) is 12.3. The first-order chi connectivity index (χ1) is 30.5. The third-order valence-corrected chi connectivity index (χ3v) is 14.2. The molecule has 7 aromatic carbocycles. The van der Waals surface area contributed by atoms with Crippen LogP contribution in [0.5, 0.6) is 0 Å². The molecule has 0 radical (unpaired) electrons. The summed E-state index contributed by atoms with van der Waals surface area (Å²) in [5.41, 5.74) is 18.8. The quantitative estimate of drug-likeness (QED) is 0.178. The van der Waals surface area contributed by atoms with Crippen LogP contribution in [-0.4, -0.2) is 19.1 Å². The third-order valence-electron chi connectivity index (χ3n) is 14.2. The number of nitrogens with zero attached hydrogens (tertiary/aromatic N) is 4. The lowest BCUT2D eigenvalue weighted by atomic mass is 9.80. The highest BCUT2D eigenvalue weighted by atomic mass is 15.2. The van der Waals surface area contributed by atoms with Crippen LogP contribution in [0, 0.1) is 0 Å². The number of hydrogen-bond acceptors (Lipinski definition) is 2. The molecule has 3 aliphatic rings. The van der Waals surface area contributed by atoms with Crippen LogP contribution in [0.3, 0.4) is 0 Å². The Balaban J connectivity index is 1.05. The first-order valence-corrected chi connectivity index (χ1v) is 22.2. The minimum Gasteiger partial charge on any atom is -0.312 e. The van der Waals surface area contributed by atoms with Crippen molar-refractivity contribution in [3.8, 4) is 22.8 Å². The summed E-state index contributed by atoms with van der Waals surface area (Å²) in [4.78, 5) is 11.0. The molecule has 4 heteroatoms. The van der Waals surface area contributed by atoms with E-state index in [9.17, 15) is 0 Å². The summed E-state index contributed by atoms with van der Waals surface area (Å²) in [6, 6.07) is 55.7. The van der Waals surface area contributed by atoms with Gasteiger partial charge in [0.2, 0.25) is 5.95 Å². The molecule has 0 N–H and O–H groups in total. The summed E-state index contributed by atoms with van der Waals surface area (Å²) in [5.74, 6) is 0.704. The van der Waals surface area contributed by atoms with E-state index in [0.29, 0.717) is 5.95 Å². The number of allylic oxidation sites excluding steroid dienone is 5. The minimum absolute atomic E-state index is 0.0800. The largest absolute Gasteiger partial charge is 0.312 e. The second-order valence-corrected chi connectivity index (χ2v) is 17.9. The van der Waals surface area contributed by atoms with Crippen molar-refractivity contribution in [1.29, 1.82) is 0 Å². The van der Waals surface area contributed by atoms with Gasteiger partial charge in [-0.25, -0.2) is 9.97 Å². The minimum atomic E-state index is -0.0800. The van der Waals surface area contributed by atoms with E-state index in [1.54, 1.807) is 0 Å². The Morgan fingerprint density at radius 3 is 2.19 bits per heavy atom. The van der Waals surface area contributed by atoms with Gasteiger partial charge in [0.05, 0.1) is 27.8 Å². The first kappa shape index (κ1) is 35.5. The Morgan fingerprint density at radius 1 is 0.565 bits per heavy atom. The summed E-state index contributed by atoms with van der Waals surface area (Å²) < 4.78 is 4.84. The van der Waals surface area contributed by atoms with Gasteiger partial charge in [-0.05, 0) is 113 Å². The smallest absolute Gasteiger partial charge is 0.235 e. The van der Waals surface area contributed by atoms with Crippen molar-refractivity contribution in [2.75, 3.05) is 0 Å². The highest BCUT2D eigenvalue weighted by molar-refractivity contribution is 6.17. The monoisotopic (exact) mass is 796 g/mol. The summed E-state index contributed by atoms with van der Waals surface area (Å²) >= 11 is 0. The topological polar surface area (TPSA) is 35.6 Å². The second-order valence-electron chi connectivity index (χ2n) is 17.9. The molecule has 0 amide bonds. The lowest BCUT2D eigenvalue weighted by Crippen LogP contribution is -2.16. The van der Waals surface area contributed by atoms with Crippen LogP contribution in [-0.2, 0) is 11.8 Å². The normalized spacial score (nSPS) is 15.7. The number of hydrogen-bond donors (Lipinski definition) is 0. The maximum Gasteiger partial charge on any atom is 0.235 e. The fraction of sp³-hybridized carbons (Fsp3) is 0.138. The first-order valence-electron chi connectivity index (χ1n) is 22.2. The number of aromatic nitrogens is 4. The van der Waals surface area contributed by atoms with Crippen molar-refractivity contribution < 1.29 is 0 Å². The Labute approximate surface area is 360 Å². The van der Waals surface area contributed by atoms with Crippen LogP contribution in [0.25, 0.3) is 94.4 Å². The molecule has 0 unspecified atom stereocenters. The molecule has 3 aliphatic carbocycles. The van der Waals surface area contributed by atoms with Gasteiger partial charge in [-0.3, -0.25) is 4.57 Å². The standard InChI is InChI=1S/C58H44N4/c1-58(2)49-27-12-8-21-40(49)41-26-16-17-37(33-50(41)58)55-46-25-9-13-28-51(46)59-57(60-55)62-53-30-15-10-22-42(53)44-32-31-36(34-54(44)62)47-35-48-43-23-11-14-29-52(43)61(38-18-4-3-5-19-38)56(48)45-24-7-6-20-39(45)47/h3-13,15,18-25,27-28,30-35H,14,16-17,26,29H2,1-2H3. The van der Waals surface area contributed by atoms with E-state index in [0.717, 1.165) is 59.7 Å². The molecule has 10 aromatic rings. The molecule has 0 atom stereocenters. The molecule has 62 heavy (non-hydrogen) atoms. The zero-order chi connectivity index (χ0) is 41.1. The molecule has 4 nitrogen and oxygen atoms in total. The zero-order valence-corrected chi connectivity index (χ0v) is 35.0. The summed E-state index contributed by atoms with van der Waals surface area (Å²) in [5, 5.41) is 7.28. The number of fused-ring (bicyclic) bond motifs is 11. The molecule has 0 bridgehead atoms. The molecule has 0 spiro atoms. The molecule has 0 saturated heterocycles. The van der Waals surface area contributed by atoms with Crippen molar-refractivity contribution in [1.82, 2.24) is 19.1 Å². The van der Waals surface area contributed by atoms with Gasteiger partial charge in [0.25, 0.3) is 0 Å². The van der Waals surface area contributed by atoms with E-state index in [4.69, 9.17) is 9.97 Å². The molecule has 13 rings (SSSR count). The number of benzene rings is 7. The Kier molecular flexibility index (Phi) is 7.63. The van der Waals surface area contributed by atoms with E-state index in [2.05, 4.69) is 193 Å². The molecule has 3 heterocycles. The van der Waals surface area contributed by atoms with E-state index in [-0.39, 0.29) is 5.41 Å². The van der Waals surface area contributed by atoms with Crippen molar-refractivity contribution in [2.24, 2.45) is 0 Å². The molecule has 0 aliphatic heterocycles. The average Bonchev–Trinajstić information content (AvgIpc) is 3.82. The van der Waals surface area contributed by atoms with Crippen LogP contribution in [0.15, 0.2) is 169 Å². The maximum atomic E-state index is 5.64. The average molecular weight is 797 g/mol. The van der Waals surface area contributed by atoms with Crippen molar-refractivity contribution >= 4 is 71.6 Å². The van der Waals surface area contributed by atoms with Gasteiger partial charge in [0.1, 0.15) is 0 Å². The number of para-hydroxylation sites is 3. The Bertz CT molecular complexity index is 3630. The van der Waals surface area contributed by atoms with E-state index in [1.165, 1.54) is 88.4 Å². The lowest BCUT2D eigenvalue weighted by Gasteiger charge is -2.23. The van der Waals surface area contributed by atoms with Crippen LogP contribution >= 0.6 is 0 Å². The summed E-state index contributed by atoms with van der Waals surface area (Å²) in [6.45, 7) is 4.77. The van der Waals surface area contributed by atoms with E-state index in [1.807, 2.05) is 0 Å². The Morgan fingerprint density at radius 2 is 1.31 bits per heavy atom. The van der Waals surface area contributed by atoms with E-state index >= 15 is 0 Å². The number of rotatable bonds is 4. The molecule has 0 saturated carbocycles. The predicted octanol–water partition coefficient (Wildman–Crippen LogP) is 14.8. The molecular formula is C58H44N4. The van der Waals surface area contributed by atoms with E-state index < -0.39 is 0 Å². The highest BCUT2D eigenvalue weighted by Gasteiger charge is 2.37. The highest BCUT2D eigenvalue weighted by Crippen LogP contribution is 2.51. The van der Waals surface area contributed by atoms with Crippen LogP contribution < -0.4 is 0 Å². The van der Waals surface area contributed by atoms with Crippen molar-refractivity contribution in [3.63, 3.8) is 0 Å². The van der Waals surface area contributed by atoms with Gasteiger partial charge in [-0.2, -0.15) is 0 Å². The second kappa shape index (κ2) is 13.3. The van der Waals surface area contributed by atoms with Gasteiger partial charge >= 0.3 is 0 Å². The Hall–Kier alpha value is -7.30. The third kappa shape index (κ3) is 5.07. The maximum absolute atomic E-state index is 5.64.